The zero-order chi connectivity index (χ0) is 17.4. The molecule has 0 fully saturated rings. The van der Waals surface area contributed by atoms with Crippen molar-refractivity contribution in [2.24, 2.45) is 0 Å². The quantitative estimate of drug-likeness (QED) is 0.884. The third-order valence-electron chi connectivity index (χ3n) is 3.55. The Morgan fingerprint density at radius 2 is 1.75 bits per heavy atom. The Morgan fingerprint density at radius 3 is 2.33 bits per heavy atom. The molecule has 0 radical (unpaired) electrons. The number of carbonyl (C=O) groups excluding carboxylic acids is 1. The van der Waals surface area contributed by atoms with Gasteiger partial charge in [0.25, 0.3) is 5.91 Å². The summed E-state index contributed by atoms with van der Waals surface area (Å²) < 4.78 is 39.2. The van der Waals surface area contributed by atoms with Gasteiger partial charge in [-0.2, -0.15) is 13.2 Å². The minimum absolute atomic E-state index is 0.0867. The fourth-order valence-electron chi connectivity index (χ4n) is 2.37. The molecular formula is C16H12F3N3O2. The molecule has 24 heavy (non-hydrogen) atoms. The van der Waals surface area contributed by atoms with Crippen molar-refractivity contribution in [3.8, 4) is 0 Å². The first kappa shape index (κ1) is 16.0. The van der Waals surface area contributed by atoms with E-state index >= 15 is 0 Å². The summed E-state index contributed by atoms with van der Waals surface area (Å²) in [5, 5.41) is 11.4. The molecule has 3 rings (SSSR count). The van der Waals surface area contributed by atoms with Crippen LogP contribution in [0.15, 0.2) is 66.6 Å². The molecule has 1 atom stereocenters. The van der Waals surface area contributed by atoms with Crippen LogP contribution >= 0.6 is 0 Å². The lowest BCUT2D eigenvalue weighted by Crippen LogP contribution is -2.51. The molecule has 1 aromatic heterocycles. The van der Waals surface area contributed by atoms with E-state index in [1.807, 2.05) is 5.43 Å². The number of halogens is 3. The number of allylic oxidation sites excluding steroid dienone is 1. The molecule has 124 valence electrons. The third kappa shape index (κ3) is 2.71. The van der Waals surface area contributed by atoms with Crippen LogP contribution < -0.4 is 5.43 Å². The number of rotatable bonds is 2. The number of aromatic nitrogens is 1. The molecule has 0 aliphatic carbocycles. The van der Waals surface area contributed by atoms with Crippen molar-refractivity contribution in [2.75, 3.05) is 0 Å². The second kappa shape index (κ2) is 5.64. The Bertz CT molecular complexity index is 778. The normalized spacial score (nSPS) is 20.5. The van der Waals surface area contributed by atoms with Gasteiger partial charge in [0.15, 0.2) is 0 Å². The Kier molecular flexibility index (Phi) is 3.76. The maximum absolute atomic E-state index is 13.1. The van der Waals surface area contributed by atoms with E-state index in [-0.39, 0.29) is 11.1 Å². The summed E-state index contributed by atoms with van der Waals surface area (Å²) in [7, 11) is 0. The zero-order valence-corrected chi connectivity index (χ0v) is 12.2. The molecule has 1 aliphatic rings. The monoisotopic (exact) mass is 335 g/mol. The van der Waals surface area contributed by atoms with Crippen LogP contribution in [0.5, 0.6) is 0 Å². The van der Waals surface area contributed by atoms with Gasteiger partial charge in [0, 0.05) is 29.6 Å². The van der Waals surface area contributed by atoms with E-state index < -0.39 is 23.5 Å². The molecule has 1 unspecified atom stereocenters. The topological polar surface area (TPSA) is 65.5 Å². The molecule has 0 bridgehead atoms. The lowest BCUT2D eigenvalue weighted by Gasteiger charge is -2.32. The number of pyridine rings is 1. The summed E-state index contributed by atoms with van der Waals surface area (Å²) in [6, 6.07) is 10.3. The molecular weight excluding hydrogens is 323 g/mol. The minimum atomic E-state index is -4.74. The summed E-state index contributed by atoms with van der Waals surface area (Å²) in [4.78, 5) is 16.3. The van der Waals surface area contributed by atoms with Crippen LogP contribution in [0.4, 0.5) is 13.2 Å². The van der Waals surface area contributed by atoms with E-state index in [2.05, 4.69) is 4.98 Å². The highest BCUT2D eigenvalue weighted by Gasteiger charge is 2.50. The van der Waals surface area contributed by atoms with Crippen molar-refractivity contribution in [1.29, 1.82) is 0 Å². The maximum atomic E-state index is 13.1. The number of aliphatic hydroxyl groups is 1. The number of benzene rings is 1. The van der Waals surface area contributed by atoms with Gasteiger partial charge in [-0.3, -0.25) is 15.2 Å². The molecule has 2 N–H and O–H groups in total. The zero-order valence-electron chi connectivity index (χ0n) is 12.2. The molecule has 0 saturated heterocycles. The van der Waals surface area contributed by atoms with Crippen molar-refractivity contribution < 1.29 is 23.1 Å². The summed E-state index contributed by atoms with van der Waals surface area (Å²) >= 11 is 0. The number of nitrogens with zero attached hydrogens (tertiary/aromatic N) is 2. The Morgan fingerprint density at radius 1 is 1.12 bits per heavy atom. The number of alkyl halides is 3. The van der Waals surface area contributed by atoms with Gasteiger partial charge in [-0.1, -0.05) is 30.3 Å². The lowest BCUT2D eigenvalue weighted by atomic mass is 10.0. The van der Waals surface area contributed by atoms with Crippen LogP contribution in [0.2, 0.25) is 0 Å². The van der Waals surface area contributed by atoms with Gasteiger partial charge < -0.3 is 5.11 Å². The maximum Gasteiger partial charge on any atom is 0.432 e. The highest BCUT2D eigenvalue weighted by Crippen LogP contribution is 2.38. The average molecular weight is 335 g/mol. The molecule has 2 heterocycles. The standard InChI is InChI=1S/C16H12F3N3O2/c17-16(18,19)13-10-15(24,12-4-2-1-3-5-12)22(21-13)14(23)11-6-8-20-9-7-11/h1-10,21,24H. The Hall–Kier alpha value is -2.87. The van der Waals surface area contributed by atoms with E-state index in [9.17, 15) is 23.1 Å². The fraction of sp³-hybridized carbons (Fsp3) is 0.125. The predicted molar refractivity (Wildman–Crippen MR) is 78.0 cm³/mol. The van der Waals surface area contributed by atoms with E-state index in [4.69, 9.17) is 0 Å². The number of hydrogen-bond acceptors (Lipinski definition) is 4. The lowest BCUT2D eigenvalue weighted by molar-refractivity contribution is -0.104. The van der Waals surface area contributed by atoms with Crippen molar-refractivity contribution in [3.63, 3.8) is 0 Å². The summed E-state index contributed by atoms with van der Waals surface area (Å²) in [5.41, 5.74) is -1.30. The van der Waals surface area contributed by atoms with Crippen LogP contribution in [0, 0.1) is 0 Å². The largest absolute Gasteiger partial charge is 0.432 e. The predicted octanol–water partition coefficient (Wildman–Crippen LogP) is 2.33. The van der Waals surface area contributed by atoms with Crippen LogP contribution in [-0.4, -0.2) is 27.2 Å². The van der Waals surface area contributed by atoms with Crippen LogP contribution in [0.25, 0.3) is 0 Å². The number of hydrazine groups is 1. The fourth-order valence-corrected chi connectivity index (χ4v) is 2.37. The first-order chi connectivity index (χ1) is 11.3. The van der Waals surface area contributed by atoms with E-state index in [0.29, 0.717) is 11.1 Å². The number of carbonyl (C=O) groups is 1. The van der Waals surface area contributed by atoms with Crippen LogP contribution in [-0.2, 0) is 5.72 Å². The highest BCUT2D eigenvalue weighted by atomic mass is 19.4. The summed E-state index contributed by atoms with van der Waals surface area (Å²) in [6.45, 7) is 0. The second-order valence-electron chi connectivity index (χ2n) is 5.14. The first-order valence-electron chi connectivity index (χ1n) is 6.91. The van der Waals surface area contributed by atoms with Crippen molar-refractivity contribution >= 4 is 5.91 Å². The minimum Gasteiger partial charge on any atom is -0.362 e. The van der Waals surface area contributed by atoms with Gasteiger partial charge in [-0.05, 0) is 12.1 Å². The first-order valence-corrected chi connectivity index (χ1v) is 6.91. The average Bonchev–Trinajstić information content (AvgIpc) is 2.95. The summed E-state index contributed by atoms with van der Waals surface area (Å²) in [6.07, 6.45) is -1.48. The van der Waals surface area contributed by atoms with Crippen molar-refractivity contribution in [2.45, 2.75) is 11.9 Å². The second-order valence-corrected chi connectivity index (χ2v) is 5.14. The van der Waals surface area contributed by atoms with Crippen molar-refractivity contribution in [3.05, 3.63) is 77.8 Å². The molecule has 1 aliphatic heterocycles. The van der Waals surface area contributed by atoms with Gasteiger partial charge in [0.05, 0.1) is 0 Å². The molecule has 8 heteroatoms. The van der Waals surface area contributed by atoms with Gasteiger partial charge in [-0.15, -0.1) is 0 Å². The molecule has 5 nitrogen and oxygen atoms in total. The molecule has 1 amide bonds. The molecule has 1 aromatic carbocycles. The van der Waals surface area contributed by atoms with Gasteiger partial charge in [-0.25, -0.2) is 5.01 Å². The van der Waals surface area contributed by atoms with Gasteiger partial charge in [0.1, 0.15) is 5.70 Å². The van der Waals surface area contributed by atoms with E-state index in [1.165, 1.54) is 36.7 Å². The van der Waals surface area contributed by atoms with E-state index in [0.717, 1.165) is 0 Å². The van der Waals surface area contributed by atoms with Crippen LogP contribution in [0.1, 0.15) is 15.9 Å². The summed E-state index contributed by atoms with van der Waals surface area (Å²) in [5.74, 6) is -0.820. The Balaban J connectivity index is 2.07. The smallest absolute Gasteiger partial charge is 0.362 e. The third-order valence-corrected chi connectivity index (χ3v) is 3.55. The SMILES string of the molecule is O=C(c1ccncc1)N1NC(C(F)(F)F)=CC1(O)c1ccccc1. The molecule has 0 saturated carbocycles. The number of amides is 1. The van der Waals surface area contributed by atoms with Crippen LogP contribution in [0.3, 0.4) is 0 Å². The highest BCUT2D eigenvalue weighted by molar-refractivity contribution is 5.94. The van der Waals surface area contributed by atoms with E-state index in [1.54, 1.807) is 18.2 Å². The Labute approximate surface area is 135 Å². The molecule has 0 spiro atoms. The number of nitrogens with one attached hydrogen (secondary N) is 1. The van der Waals surface area contributed by atoms with Crippen molar-refractivity contribution in [1.82, 2.24) is 15.4 Å². The number of hydrogen-bond donors (Lipinski definition) is 2. The van der Waals surface area contributed by atoms with Gasteiger partial charge in [0.2, 0.25) is 5.72 Å². The molecule has 2 aromatic rings. The van der Waals surface area contributed by atoms with Gasteiger partial charge >= 0.3 is 6.18 Å².